The molecule has 0 aromatic heterocycles. The van der Waals surface area contributed by atoms with Gasteiger partial charge >= 0.3 is 0 Å². The molecule has 0 saturated heterocycles. The van der Waals surface area contributed by atoms with Crippen LogP contribution in [0.25, 0.3) is 54.6 Å². The number of fused-ring (bicyclic) bond motifs is 8. The number of hydrogen-bond donors (Lipinski definition) is 0. The summed E-state index contributed by atoms with van der Waals surface area (Å²) in [6.07, 6.45) is 0. The topological polar surface area (TPSA) is 23.8 Å². The molecule has 0 fully saturated rings. The zero-order valence-electron chi connectivity index (χ0n) is 21.4. The van der Waals surface area contributed by atoms with Crippen molar-refractivity contribution in [3.63, 3.8) is 0 Å². The molecule has 1 aliphatic rings. The zero-order valence-corrected chi connectivity index (χ0v) is 23.0. The van der Waals surface area contributed by atoms with Crippen LogP contribution in [0.5, 0.6) is 0 Å². The van der Waals surface area contributed by atoms with Crippen LogP contribution < -0.4 is 0 Å². The van der Waals surface area contributed by atoms with E-state index in [4.69, 9.17) is 0 Å². The summed E-state index contributed by atoms with van der Waals surface area (Å²) in [5.41, 5.74) is 5.02. The van der Waals surface area contributed by atoms with E-state index in [0.717, 1.165) is 22.3 Å². The average Bonchev–Trinajstić information content (AvgIpc) is 3.03. The standard InChI is InChI=1S/C37H21NS2/c38-22-23-17-26(19-27(18-23)25-14-16-36-37(21-25)40-35-12-6-5-11-34(35)39-36)24-13-15-32-30-9-2-1-7-28(30)29-8-3-4-10-31(29)33(32)20-24/h1-21H. The third-order valence-corrected chi connectivity index (χ3v) is 10.2. The van der Waals surface area contributed by atoms with Crippen molar-refractivity contribution in [1.29, 1.82) is 5.26 Å². The van der Waals surface area contributed by atoms with Gasteiger partial charge in [-0.15, -0.1) is 0 Å². The molecule has 0 atom stereocenters. The van der Waals surface area contributed by atoms with Crippen molar-refractivity contribution in [2.75, 3.05) is 0 Å². The van der Waals surface area contributed by atoms with Crippen molar-refractivity contribution in [2.24, 2.45) is 0 Å². The van der Waals surface area contributed by atoms with Gasteiger partial charge in [-0.25, -0.2) is 0 Å². The van der Waals surface area contributed by atoms with E-state index in [0.29, 0.717) is 5.56 Å². The summed E-state index contributed by atoms with van der Waals surface area (Å²) in [6.45, 7) is 0. The number of benzene rings is 7. The van der Waals surface area contributed by atoms with E-state index in [1.54, 1.807) is 0 Å². The lowest BCUT2D eigenvalue weighted by Gasteiger charge is -2.19. The Morgan fingerprint density at radius 3 is 1.48 bits per heavy atom. The molecule has 0 unspecified atom stereocenters. The van der Waals surface area contributed by atoms with E-state index in [1.165, 1.54) is 51.9 Å². The number of hydrogen-bond acceptors (Lipinski definition) is 3. The Labute approximate surface area is 241 Å². The predicted octanol–water partition coefficient (Wildman–Crippen LogP) is 11.0. The molecule has 40 heavy (non-hydrogen) atoms. The van der Waals surface area contributed by atoms with Gasteiger partial charge in [0.15, 0.2) is 0 Å². The van der Waals surface area contributed by atoms with Crippen molar-refractivity contribution in [1.82, 2.24) is 0 Å². The van der Waals surface area contributed by atoms with Crippen LogP contribution in [-0.4, -0.2) is 0 Å². The maximum Gasteiger partial charge on any atom is 0.0992 e. The van der Waals surface area contributed by atoms with Crippen LogP contribution in [0.1, 0.15) is 5.56 Å². The van der Waals surface area contributed by atoms with E-state index < -0.39 is 0 Å². The molecule has 8 rings (SSSR count). The zero-order chi connectivity index (χ0) is 26.6. The van der Waals surface area contributed by atoms with Gasteiger partial charge in [-0.05, 0) is 103 Å². The highest BCUT2D eigenvalue weighted by molar-refractivity contribution is 8.05. The summed E-state index contributed by atoms with van der Waals surface area (Å²) in [6, 6.07) is 47.9. The molecule has 0 saturated carbocycles. The molecular formula is C37H21NS2. The Kier molecular flexibility index (Phi) is 5.45. The molecule has 0 amide bonds. The Morgan fingerprint density at radius 1 is 0.375 bits per heavy atom. The monoisotopic (exact) mass is 543 g/mol. The lowest BCUT2D eigenvalue weighted by Crippen LogP contribution is -1.91. The Hall–Kier alpha value is -4.49. The van der Waals surface area contributed by atoms with Gasteiger partial charge in [-0.2, -0.15) is 5.26 Å². The number of nitrogens with zero attached hydrogens (tertiary/aromatic N) is 1. The summed E-state index contributed by atoms with van der Waals surface area (Å²) < 4.78 is 0. The Bertz CT molecular complexity index is 2150. The number of nitriles is 1. The molecule has 0 radical (unpaired) electrons. The van der Waals surface area contributed by atoms with Gasteiger partial charge in [0.05, 0.1) is 11.6 Å². The van der Waals surface area contributed by atoms with Crippen LogP contribution in [-0.2, 0) is 0 Å². The fourth-order valence-corrected chi connectivity index (χ4v) is 8.07. The van der Waals surface area contributed by atoms with E-state index in [9.17, 15) is 5.26 Å². The van der Waals surface area contributed by atoms with Crippen LogP contribution in [0.2, 0.25) is 0 Å². The molecular weight excluding hydrogens is 523 g/mol. The molecule has 7 aromatic carbocycles. The Balaban J connectivity index is 1.28. The van der Waals surface area contributed by atoms with Crippen LogP contribution in [0.15, 0.2) is 147 Å². The van der Waals surface area contributed by atoms with Crippen molar-refractivity contribution in [3.8, 4) is 28.3 Å². The minimum atomic E-state index is 0.668. The van der Waals surface area contributed by atoms with Gasteiger partial charge in [0.1, 0.15) is 0 Å². The fourth-order valence-electron chi connectivity index (χ4n) is 5.82. The predicted molar refractivity (Wildman–Crippen MR) is 169 cm³/mol. The summed E-state index contributed by atoms with van der Waals surface area (Å²) in [5.74, 6) is 0. The van der Waals surface area contributed by atoms with Gasteiger partial charge in [-0.3, -0.25) is 0 Å². The lowest BCUT2D eigenvalue weighted by molar-refractivity contribution is 1.16. The van der Waals surface area contributed by atoms with E-state index in [1.807, 2.05) is 35.7 Å². The molecule has 0 aliphatic carbocycles. The van der Waals surface area contributed by atoms with Gasteiger partial charge in [0, 0.05) is 19.6 Å². The van der Waals surface area contributed by atoms with Gasteiger partial charge in [0.2, 0.25) is 0 Å². The summed E-state index contributed by atoms with van der Waals surface area (Å²) in [5, 5.41) is 17.5. The first-order valence-electron chi connectivity index (χ1n) is 13.2. The van der Waals surface area contributed by atoms with Gasteiger partial charge in [0.25, 0.3) is 0 Å². The molecule has 0 bridgehead atoms. The third-order valence-electron chi connectivity index (χ3n) is 7.71. The molecule has 1 aliphatic heterocycles. The highest BCUT2D eigenvalue weighted by atomic mass is 32.2. The van der Waals surface area contributed by atoms with Crippen LogP contribution >= 0.6 is 23.5 Å². The molecule has 3 heteroatoms. The molecule has 0 N–H and O–H groups in total. The third kappa shape index (κ3) is 3.80. The average molecular weight is 544 g/mol. The minimum absolute atomic E-state index is 0.668. The van der Waals surface area contributed by atoms with Crippen molar-refractivity contribution >= 4 is 55.8 Å². The van der Waals surface area contributed by atoms with Crippen LogP contribution in [0.4, 0.5) is 0 Å². The minimum Gasteiger partial charge on any atom is -0.192 e. The molecule has 7 aromatic rings. The highest BCUT2D eigenvalue weighted by Crippen LogP contribution is 2.49. The number of rotatable bonds is 2. The quantitative estimate of drug-likeness (QED) is 0.203. The van der Waals surface area contributed by atoms with Crippen molar-refractivity contribution in [2.45, 2.75) is 19.6 Å². The first-order chi connectivity index (χ1) is 19.7. The van der Waals surface area contributed by atoms with E-state index in [2.05, 4.69) is 121 Å². The second-order valence-electron chi connectivity index (χ2n) is 10.1. The maximum atomic E-state index is 9.96. The second kappa shape index (κ2) is 9.31. The smallest absolute Gasteiger partial charge is 0.0992 e. The molecule has 1 nitrogen and oxygen atoms in total. The Morgan fingerprint density at radius 2 is 0.850 bits per heavy atom. The SMILES string of the molecule is N#Cc1cc(-c2ccc3c(c2)Sc2ccccc2S3)cc(-c2ccc3c4ccccc4c4ccccc4c3c2)c1. The largest absolute Gasteiger partial charge is 0.192 e. The van der Waals surface area contributed by atoms with E-state index in [-0.39, 0.29) is 0 Å². The molecule has 186 valence electrons. The van der Waals surface area contributed by atoms with E-state index >= 15 is 0 Å². The lowest BCUT2D eigenvalue weighted by atomic mass is 9.91. The normalized spacial score (nSPS) is 12.3. The molecule has 1 heterocycles. The van der Waals surface area contributed by atoms with Crippen LogP contribution in [0, 0.1) is 11.3 Å². The second-order valence-corrected chi connectivity index (χ2v) is 12.2. The first kappa shape index (κ1) is 23.4. The van der Waals surface area contributed by atoms with Gasteiger partial charge in [-0.1, -0.05) is 102 Å². The van der Waals surface area contributed by atoms with Crippen molar-refractivity contribution in [3.05, 3.63) is 133 Å². The summed E-state index contributed by atoms with van der Waals surface area (Å²) >= 11 is 3.64. The van der Waals surface area contributed by atoms with Gasteiger partial charge < -0.3 is 0 Å². The maximum absolute atomic E-state index is 9.96. The molecule has 0 spiro atoms. The van der Waals surface area contributed by atoms with Crippen LogP contribution in [0.3, 0.4) is 0 Å². The van der Waals surface area contributed by atoms with Crippen molar-refractivity contribution < 1.29 is 0 Å². The summed E-state index contributed by atoms with van der Waals surface area (Å²) in [4.78, 5) is 5.13. The first-order valence-corrected chi connectivity index (χ1v) is 14.9. The fraction of sp³-hybridized carbons (Fsp3) is 0. The highest BCUT2D eigenvalue weighted by Gasteiger charge is 2.18. The summed E-state index contributed by atoms with van der Waals surface area (Å²) in [7, 11) is 0.